The van der Waals surface area contributed by atoms with E-state index in [4.69, 9.17) is 9.47 Å². The Bertz CT molecular complexity index is 865. The fourth-order valence-corrected chi connectivity index (χ4v) is 3.78. The number of thioether (sulfide) groups is 1. The summed E-state index contributed by atoms with van der Waals surface area (Å²) in [5.74, 6) is -1.46. The minimum absolute atomic E-state index is 0.0680. The van der Waals surface area contributed by atoms with Crippen LogP contribution in [0.2, 0.25) is 0 Å². The fourth-order valence-electron chi connectivity index (χ4n) is 3.21. The van der Waals surface area contributed by atoms with E-state index >= 15 is 0 Å². The highest BCUT2D eigenvalue weighted by Gasteiger charge is 2.50. The molecule has 0 aliphatic carbocycles. The summed E-state index contributed by atoms with van der Waals surface area (Å²) in [4.78, 5) is 59.0. The van der Waals surface area contributed by atoms with Crippen molar-refractivity contribution in [2.75, 3.05) is 32.3 Å². The lowest BCUT2D eigenvalue weighted by Gasteiger charge is -2.26. The molecule has 188 valence electrons. The van der Waals surface area contributed by atoms with E-state index in [2.05, 4.69) is 25.9 Å². The number of rotatable bonds is 14. The monoisotopic (exact) mass is 495 g/mol. The number of hydrogen-bond acceptors (Lipinski definition) is 9. The number of methoxy groups -OCH3 is 1. The summed E-state index contributed by atoms with van der Waals surface area (Å²) in [5, 5.41) is 7.99. The molecule has 11 nitrogen and oxygen atoms in total. The molecule has 0 saturated carbocycles. The molecule has 1 aromatic heterocycles. The molecule has 3 amide bonds. The van der Waals surface area contributed by atoms with Gasteiger partial charge in [-0.15, -0.1) is 0 Å². The number of Topliss-reactive ketones (excluding diaryl/α,β-unsaturated/α-hetero) is 1. The van der Waals surface area contributed by atoms with Crippen molar-refractivity contribution in [2.24, 2.45) is 5.92 Å². The number of epoxide rings is 1. The first-order valence-corrected chi connectivity index (χ1v) is 12.3. The van der Waals surface area contributed by atoms with Crippen LogP contribution in [0.25, 0.3) is 0 Å². The lowest BCUT2D eigenvalue weighted by atomic mass is 9.93. The molecule has 1 aliphatic rings. The van der Waals surface area contributed by atoms with Crippen LogP contribution in [0.15, 0.2) is 18.6 Å². The largest absolute Gasteiger partial charge is 0.382 e. The van der Waals surface area contributed by atoms with Crippen LogP contribution in [-0.2, 0) is 23.9 Å². The van der Waals surface area contributed by atoms with Crippen LogP contribution in [0, 0.1) is 5.92 Å². The summed E-state index contributed by atoms with van der Waals surface area (Å²) in [5.41, 5.74) is -0.820. The van der Waals surface area contributed by atoms with E-state index in [1.165, 1.54) is 37.5 Å². The van der Waals surface area contributed by atoms with Gasteiger partial charge >= 0.3 is 0 Å². The van der Waals surface area contributed by atoms with E-state index in [9.17, 15) is 19.2 Å². The summed E-state index contributed by atoms with van der Waals surface area (Å²) in [6.45, 7) is 5.79. The van der Waals surface area contributed by atoms with Crippen LogP contribution < -0.4 is 16.0 Å². The third-order valence-electron chi connectivity index (χ3n) is 5.16. The molecule has 1 saturated heterocycles. The molecule has 1 aliphatic heterocycles. The molecule has 3 N–H and O–H groups in total. The molecular formula is C22H33N5O6S. The highest BCUT2D eigenvalue weighted by atomic mass is 32.2. The summed E-state index contributed by atoms with van der Waals surface area (Å²) < 4.78 is 10.4. The first kappa shape index (κ1) is 27.7. The van der Waals surface area contributed by atoms with E-state index in [-0.39, 0.29) is 29.8 Å². The quantitative estimate of drug-likeness (QED) is 0.302. The molecular weight excluding hydrogens is 462 g/mol. The zero-order chi connectivity index (χ0) is 25.3. The van der Waals surface area contributed by atoms with Gasteiger partial charge in [0.05, 0.1) is 25.5 Å². The Morgan fingerprint density at radius 3 is 2.29 bits per heavy atom. The Labute approximate surface area is 203 Å². The van der Waals surface area contributed by atoms with E-state index in [0.29, 0.717) is 13.0 Å². The zero-order valence-electron chi connectivity index (χ0n) is 20.1. The second-order valence-electron chi connectivity index (χ2n) is 8.66. The van der Waals surface area contributed by atoms with Crippen LogP contribution >= 0.6 is 11.8 Å². The lowest BCUT2D eigenvalue weighted by molar-refractivity contribution is -0.134. The van der Waals surface area contributed by atoms with Gasteiger partial charge in [0.25, 0.3) is 5.91 Å². The van der Waals surface area contributed by atoms with Crippen LogP contribution in [0.1, 0.15) is 37.7 Å². The van der Waals surface area contributed by atoms with Gasteiger partial charge in [-0.2, -0.15) is 11.8 Å². The first-order chi connectivity index (χ1) is 16.1. The van der Waals surface area contributed by atoms with Crippen LogP contribution in [0.5, 0.6) is 0 Å². The van der Waals surface area contributed by atoms with Crippen molar-refractivity contribution in [3.8, 4) is 0 Å². The number of aromatic nitrogens is 2. The van der Waals surface area contributed by atoms with Gasteiger partial charge in [0.1, 0.15) is 23.4 Å². The Morgan fingerprint density at radius 2 is 1.76 bits per heavy atom. The topological polar surface area (TPSA) is 152 Å². The molecule has 0 aromatic carbocycles. The fraction of sp³-hybridized carbons (Fsp3) is 0.636. The maximum Gasteiger partial charge on any atom is 0.272 e. The highest BCUT2D eigenvalue weighted by molar-refractivity contribution is 7.98. The molecule has 0 spiro atoms. The predicted octanol–water partition coefficient (Wildman–Crippen LogP) is -0.0419. The van der Waals surface area contributed by atoms with Crippen molar-refractivity contribution < 1.29 is 28.7 Å². The number of ketones is 1. The summed E-state index contributed by atoms with van der Waals surface area (Å²) in [7, 11) is 1.40. The van der Waals surface area contributed by atoms with Gasteiger partial charge in [0.15, 0.2) is 5.78 Å². The molecule has 0 radical (unpaired) electrons. The summed E-state index contributed by atoms with van der Waals surface area (Å²) in [6.07, 6.45) is 6.32. The van der Waals surface area contributed by atoms with E-state index in [0.717, 1.165) is 0 Å². The lowest BCUT2D eigenvalue weighted by Crippen LogP contribution is -2.58. The number of carbonyl (C=O) groups excluding carboxylic acids is 4. The van der Waals surface area contributed by atoms with Crippen molar-refractivity contribution in [3.63, 3.8) is 0 Å². The van der Waals surface area contributed by atoms with Crippen molar-refractivity contribution in [3.05, 3.63) is 24.3 Å². The molecule has 34 heavy (non-hydrogen) atoms. The van der Waals surface area contributed by atoms with Gasteiger partial charge in [-0.25, -0.2) is 4.98 Å². The average Bonchev–Trinajstić information content (AvgIpc) is 3.56. The van der Waals surface area contributed by atoms with E-state index < -0.39 is 41.4 Å². The number of ether oxygens (including phenoxy) is 2. The number of amides is 3. The highest BCUT2D eigenvalue weighted by Crippen LogP contribution is 2.29. The van der Waals surface area contributed by atoms with E-state index in [1.807, 2.05) is 13.8 Å². The normalized spacial score (nSPS) is 19.6. The van der Waals surface area contributed by atoms with Crippen LogP contribution in [-0.4, -0.2) is 89.5 Å². The molecule has 0 unspecified atom stereocenters. The summed E-state index contributed by atoms with van der Waals surface area (Å²) in [6, 6.07) is -2.75. The molecule has 2 rings (SSSR count). The second-order valence-corrected chi connectivity index (χ2v) is 9.57. The Balaban J connectivity index is 2.08. The number of nitrogens with zero attached hydrogens (tertiary/aromatic N) is 2. The molecule has 12 heteroatoms. The van der Waals surface area contributed by atoms with Gasteiger partial charge in [0, 0.05) is 25.3 Å². The standard InChI is InChI=1S/C22H33N5O6S/c1-13(2)8-14(18(28)22(3)12-33-22)25-20(30)16(10-32-4)26-21(31)17(11-34-5)27-19(29)15-9-23-6-7-24-15/h6-7,9,13-14,16-17H,8,10-12H2,1-5H3,(H,25,30)(H,26,31)(H,27,29)/t14-,16-,17-,22+/m0/s1. The third-order valence-corrected chi connectivity index (χ3v) is 5.82. The van der Waals surface area contributed by atoms with Crippen LogP contribution in [0.4, 0.5) is 0 Å². The van der Waals surface area contributed by atoms with Crippen molar-refractivity contribution in [1.29, 1.82) is 0 Å². The van der Waals surface area contributed by atoms with Crippen molar-refractivity contribution in [1.82, 2.24) is 25.9 Å². The molecule has 2 heterocycles. The predicted molar refractivity (Wildman–Crippen MR) is 126 cm³/mol. The minimum Gasteiger partial charge on any atom is -0.382 e. The maximum absolute atomic E-state index is 13.0. The van der Waals surface area contributed by atoms with Crippen molar-refractivity contribution >= 4 is 35.3 Å². The SMILES string of the molecule is COC[C@H](NC(=O)[C@H](CSC)NC(=O)c1cnccn1)C(=O)N[C@@H](CC(C)C)C(=O)[C@@]1(C)CO1. The second kappa shape index (κ2) is 12.8. The third kappa shape index (κ3) is 8.03. The average molecular weight is 496 g/mol. The molecule has 0 bridgehead atoms. The Kier molecular flexibility index (Phi) is 10.4. The summed E-state index contributed by atoms with van der Waals surface area (Å²) >= 11 is 1.35. The van der Waals surface area contributed by atoms with Gasteiger partial charge < -0.3 is 25.4 Å². The number of hydrogen-bond donors (Lipinski definition) is 3. The molecule has 1 aromatic rings. The molecule has 1 fully saturated rings. The molecule has 4 atom stereocenters. The zero-order valence-corrected chi connectivity index (χ0v) is 20.9. The van der Waals surface area contributed by atoms with Gasteiger partial charge in [-0.3, -0.25) is 24.2 Å². The minimum atomic E-state index is -1.06. The van der Waals surface area contributed by atoms with E-state index in [1.54, 1.807) is 13.2 Å². The van der Waals surface area contributed by atoms with Crippen LogP contribution in [0.3, 0.4) is 0 Å². The maximum atomic E-state index is 13.0. The van der Waals surface area contributed by atoms with Gasteiger partial charge in [0.2, 0.25) is 11.8 Å². The number of carbonyl (C=O) groups is 4. The number of nitrogens with one attached hydrogen (secondary N) is 3. The Morgan fingerprint density at radius 1 is 1.12 bits per heavy atom. The Hall–Kier alpha value is -2.57. The van der Waals surface area contributed by atoms with Gasteiger partial charge in [-0.05, 0) is 25.5 Å². The smallest absolute Gasteiger partial charge is 0.272 e. The van der Waals surface area contributed by atoms with Crippen molar-refractivity contribution in [2.45, 2.75) is 50.9 Å². The van der Waals surface area contributed by atoms with Gasteiger partial charge in [-0.1, -0.05) is 13.8 Å². The first-order valence-electron chi connectivity index (χ1n) is 10.9.